The van der Waals surface area contributed by atoms with Gasteiger partial charge in [-0.05, 0) is 54.7 Å². The van der Waals surface area contributed by atoms with E-state index in [1.54, 1.807) is 11.3 Å². The molecule has 1 aliphatic heterocycles. The van der Waals surface area contributed by atoms with Crippen LogP contribution in [0.5, 0.6) is 0 Å². The molecule has 118 valence electrons. The number of morpholine rings is 1. The van der Waals surface area contributed by atoms with Gasteiger partial charge in [-0.1, -0.05) is 0 Å². The van der Waals surface area contributed by atoms with Gasteiger partial charge in [-0.3, -0.25) is 0 Å². The molecule has 2 amide bonds. The molecule has 21 heavy (non-hydrogen) atoms. The van der Waals surface area contributed by atoms with Gasteiger partial charge in [0.05, 0.1) is 12.6 Å². The van der Waals surface area contributed by atoms with E-state index in [1.807, 2.05) is 29.0 Å². The first-order chi connectivity index (χ1) is 10.1. The van der Waals surface area contributed by atoms with Gasteiger partial charge in [0, 0.05) is 12.6 Å². The monoisotopic (exact) mass is 328 g/mol. The summed E-state index contributed by atoms with van der Waals surface area (Å²) in [6, 6.07) is 2.31. The lowest BCUT2D eigenvalue weighted by molar-refractivity contribution is -0.0656. The molecule has 6 heteroatoms. The molecule has 0 radical (unpaired) electrons. The normalized spacial score (nSPS) is 23.9. The van der Waals surface area contributed by atoms with Gasteiger partial charge in [0.1, 0.15) is 6.10 Å². The number of nitrogens with one attached hydrogen (secondary N) is 1. The van der Waals surface area contributed by atoms with E-state index < -0.39 is 0 Å². The molecular weight excluding hydrogens is 304 g/mol. The van der Waals surface area contributed by atoms with Gasteiger partial charge < -0.3 is 15.0 Å². The average Bonchev–Trinajstić information content (AvgIpc) is 2.98. The molecule has 3 atom stereocenters. The standard InChI is InChI=1S/C15H24N2O2S2/c1-11(4-6-20-3)16-15(18)17-8-12(2)19-14(9-17)13-5-7-21-10-13/h5,7,10-12,14H,4,6,8-9H2,1-3H3,(H,16,18)/t11-,12+,14-/m0/s1. The Bertz CT molecular complexity index is 439. The largest absolute Gasteiger partial charge is 0.367 e. The maximum atomic E-state index is 12.4. The minimum absolute atomic E-state index is 0.00717. The van der Waals surface area contributed by atoms with Crippen molar-refractivity contribution in [2.24, 2.45) is 0 Å². The Balaban J connectivity index is 1.91. The summed E-state index contributed by atoms with van der Waals surface area (Å²) in [7, 11) is 0. The first-order valence-electron chi connectivity index (χ1n) is 7.32. The molecule has 4 nitrogen and oxygen atoms in total. The maximum Gasteiger partial charge on any atom is 0.317 e. The fourth-order valence-corrected chi connectivity index (χ4v) is 3.72. The number of hydrogen-bond donors (Lipinski definition) is 1. The highest BCUT2D eigenvalue weighted by Crippen LogP contribution is 2.26. The summed E-state index contributed by atoms with van der Waals surface area (Å²) in [5.74, 6) is 1.07. The number of urea groups is 1. The quantitative estimate of drug-likeness (QED) is 0.901. The molecule has 1 aliphatic rings. The predicted octanol–water partition coefficient (Wildman–Crippen LogP) is 3.36. The van der Waals surface area contributed by atoms with E-state index in [1.165, 1.54) is 5.56 Å². The van der Waals surface area contributed by atoms with Crippen LogP contribution >= 0.6 is 23.1 Å². The van der Waals surface area contributed by atoms with Gasteiger partial charge in [0.15, 0.2) is 0 Å². The molecule has 0 aromatic carbocycles. The highest BCUT2D eigenvalue weighted by atomic mass is 32.2. The van der Waals surface area contributed by atoms with E-state index in [9.17, 15) is 4.79 Å². The Kier molecular flexibility index (Phi) is 6.39. The topological polar surface area (TPSA) is 41.6 Å². The molecule has 2 heterocycles. The summed E-state index contributed by atoms with van der Waals surface area (Å²) in [6.45, 7) is 5.37. The van der Waals surface area contributed by atoms with Crippen LogP contribution in [0.3, 0.4) is 0 Å². The van der Waals surface area contributed by atoms with E-state index in [2.05, 4.69) is 29.9 Å². The highest BCUT2D eigenvalue weighted by molar-refractivity contribution is 7.98. The third-order valence-corrected chi connectivity index (χ3v) is 4.93. The number of amides is 2. The lowest BCUT2D eigenvalue weighted by Gasteiger charge is -2.37. The van der Waals surface area contributed by atoms with Crippen molar-refractivity contribution in [3.05, 3.63) is 22.4 Å². The van der Waals surface area contributed by atoms with Crippen molar-refractivity contribution in [1.29, 1.82) is 0 Å². The summed E-state index contributed by atoms with van der Waals surface area (Å²) in [5.41, 5.74) is 1.17. The molecule has 2 rings (SSSR count). The Morgan fingerprint density at radius 3 is 3.10 bits per heavy atom. The second kappa shape index (κ2) is 8.06. The van der Waals surface area contributed by atoms with Crippen LogP contribution in [0.1, 0.15) is 31.9 Å². The van der Waals surface area contributed by atoms with Crippen LogP contribution in [0.15, 0.2) is 16.8 Å². The van der Waals surface area contributed by atoms with Gasteiger partial charge in [-0.2, -0.15) is 23.1 Å². The number of hydrogen-bond acceptors (Lipinski definition) is 4. The minimum Gasteiger partial charge on any atom is -0.367 e. The molecule has 0 bridgehead atoms. The Hall–Kier alpha value is -0.720. The summed E-state index contributed by atoms with van der Waals surface area (Å²) in [5, 5.41) is 7.24. The molecular formula is C15H24N2O2S2. The van der Waals surface area contributed by atoms with Crippen molar-refractivity contribution < 1.29 is 9.53 Å². The number of carbonyl (C=O) groups is 1. The van der Waals surface area contributed by atoms with Crippen LogP contribution in [-0.2, 0) is 4.74 Å². The maximum absolute atomic E-state index is 12.4. The zero-order chi connectivity index (χ0) is 15.2. The van der Waals surface area contributed by atoms with E-state index in [0.717, 1.165) is 12.2 Å². The molecule has 1 saturated heterocycles. The second-order valence-electron chi connectivity index (χ2n) is 5.53. The minimum atomic E-state index is -0.00717. The van der Waals surface area contributed by atoms with E-state index in [0.29, 0.717) is 13.1 Å². The molecule has 1 fully saturated rings. The average molecular weight is 329 g/mol. The van der Waals surface area contributed by atoms with Crippen LogP contribution in [0, 0.1) is 0 Å². The number of thiophene rings is 1. The molecule has 0 saturated carbocycles. The van der Waals surface area contributed by atoms with Crippen LogP contribution in [-0.4, -0.2) is 48.2 Å². The van der Waals surface area contributed by atoms with Crippen molar-refractivity contribution in [3.8, 4) is 0 Å². The molecule has 0 unspecified atom stereocenters. The highest BCUT2D eigenvalue weighted by Gasteiger charge is 2.29. The Labute approximate surface area is 135 Å². The smallest absolute Gasteiger partial charge is 0.317 e. The van der Waals surface area contributed by atoms with Gasteiger partial charge >= 0.3 is 6.03 Å². The molecule has 1 aromatic rings. The van der Waals surface area contributed by atoms with Crippen molar-refractivity contribution in [1.82, 2.24) is 10.2 Å². The summed E-state index contributed by atoms with van der Waals surface area (Å²) >= 11 is 3.47. The molecule has 0 spiro atoms. The third-order valence-electron chi connectivity index (χ3n) is 3.59. The van der Waals surface area contributed by atoms with E-state index in [4.69, 9.17) is 4.74 Å². The molecule has 1 aromatic heterocycles. The zero-order valence-electron chi connectivity index (χ0n) is 12.9. The number of nitrogens with zero attached hydrogens (tertiary/aromatic N) is 1. The number of thioether (sulfide) groups is 1. The van der Waals surface area contributed by atoms with Crippen molar-refractivity contribution in [3.63, 3.8) is 0 Å². The fourth-order valence-electron chi connectivity index (χ4n) is 2.43. The van der Waals surface area contributed by atoms with E-state index >= 15 is 0 Å². The van der Waals surface area contributed by atoms with Crippen molar-refractivity contribution in [2.75, 3.05) is 25.1 Å². The zero-order valence-corrected chi connectivity index (χ0v) is 14.5. The second-order valence-corrected chi connectivity index (χ2v) is 7.29. The predicted molar refractivity (Wildman–Crippen MR) is 90.2 cm³/mol. The number of carbonyl (C=O) groups excluding carboxylic acids is 1. The summed E-state index contributed by atoms with van der Waals surface area (Å²) in [6.07, 6.45) is 3.15. The van der Waals surface area contributed by atoms with Crippen LogP contribution in [0.2, 0.25) is 0 Å². The first kappa shape index (κ1) is 16.6. The number of ether oxygens (including phenoxy) is 1. The van der Waals surface area contributed by atoms with Crippen molar-refractivity contribution >= 4 is 29.1 Å². The van der Waals surface area contributed by atoms with Gasteiger partial charge in [0.25, 0.3) is 0 Å². The van der Waals surface area contributed by atoms with Crippen molar-refractivity contribution in [2.45, 2.75) is 38.5 Å². The first-order valence-corrected chi connectivity index (χ1v) is 9.65. The summed E-state index contributed by atoms with van der Waals surface area (Å²) < 4.78 is 5.96. The fraction of sp³-hybridized carbons (Fsp3) is 0.667. The lowest BCUT2D eigenvalue weighted by Crippen LogP contribution is -2.51. The van der Waals surface area contributed by atoms with E-state index in [-0.39, 0.29) is 24.3 Å². The van der Waals surface area contributed by atoms with Gasteiger partial charge in [-0.25, -0.2) is 4.79 Å². The number of rotatable bonds is 5. The molecule has 0 aliphatic carbocycles. The van der Waals surface area contributed by atoms with Gasteiger partial charge in [0.2, 0.25) is 0 Å². The lowest BCUT2D eigenvalue weighted by atomic mass is 10.1. The third kappa shape index (κ3) is 4.90. The molecule has 1 N–H and O–H groups in total. The summed E-state index contributed by atoms with van der Waals surface area (Å²) in [4.78, 5) is 14.3. The van der Waals surface area contributed by atoms with Crippen LogP contribution in [0.4, 0.5) is 4.79 Å². The SMILES string of the molecule is CSCC[C@H](C)NC(=O)N1C[C@@H](C)O[C@H](c2ccsc2)C1. The van der Waals surface area contributed by atoms with Crippen LogP contribution < -0.4 is 5.32 Å². The van der Waals surface area contributed by atoms with Crippen LogP contribution in [0.25, 0.3) is 0 Å². The van der Waals surface area contributed by atoms with Gasteiger partial charge in [-0.15, -0.1) is 0 Å². The Morgan fingerprint density at radius 1 is 1.62 bits per heavy atom. The Morgan fingerprint density at radius 2 is 2.43 bits per heavy atom.